The minimum atomic E-state index is -3.01. The van der Waals surface area contributed by atoms with Crippen molar-refractivity contribution in [3.05, 3.63) is 70.2 Å². The molecule has 30 heavy (non-hydrogen) atoms. The first-order valence-electron chi connectivity index (χ1n) is 9.89. The van der Waals surface area contributed by atoms with Gasteiger partial charge in [-0.15, -0.1) is 0 Å². The van der Waals surface area contributed by atoms with E-state index in [1.165, 1.54) is 6.07 Å². The van der Waals surface area contributed by atoms with Crippen LogP contribution < -0.4 is 5.32 Å². The van der Waals surface area contributed by atoms with Gasteiger partial charge in [-0.3, -0.25) is 0 Å². The molecule has 0 spiro atoms. The monoisotopic (exact) mass is 436 g/mol. The van der Waals surface area contributed by atoms with Crippen LogP contribution in [0.25, 0.3) is 0 Å². The van der Waals surface area contributed by atoms with Gasteiger partial charge >= 0.3 is 6.03 Å². The number of amides is 2. The Labute approximate surface area is 181 Å². The molecule has 2 amide bonds. The molecular formula is C23H27ClF2N2O2. The summed E-state index contributed by atoms with van der Waals surface area (Å²) in [6, 6.07) is 13.2. The Hall–Kier alpha value is -2.18. The van der Waals surface area contributed by atoms with Crippen LogP contribution in [-0.4, -0.2) is 35.7 Å². The zero-order chi connectivity index (χ0) is 22.1. The zero-order valence-electron chi connectivity index (χ0n) is 17.6. The number of urea groups is 1. The van der Waals surface area contributed by atoms with Crippen molar-refractivity contribution in [2.45, 2.75) is 51.4 Å². The first-order valence-corrected chi connectivity index (χ1v) is 10.3. The molecule has 3 rings (SSSR count). The lowest BCUT2D eigenvalue weighted by Gasteiger charge is -2.42. The Morgan fingerprint density at radius 2 is 1.70 bits per heavy atom. The van der Waals surface area contributed by atoms with E-state index in [4.69, 9.17) is 16.3 Å². The maximum atomic E-state index is 14.3. The number of likely N-dealkylation sites (tertiary alicyclic amines) is 1. The average Bonchev–Trinajstić information content (AvgIpc) is 2.59. The van der Waals surface area contributed by atoms with Crippen molar-refractivity contribution in [3.8, 4) is 0 Å². The van der Waals surface area contributed by atoms with Crippen molar-refractivity contribution in [1.82, 2.24) is 10.2 Å². The van der Waals surface area contributed by atoms with Crippen LogP contribution in [0.5, 0.6) is 0 Å². The van der Waals surface area contributed by atoms with E-state index in [-0.39, 0.29) is 23.2 Å². The summed E-state index contributed by atoms with van der Waals surface area (Å²) in [4.78, 5) is 13.9. The third-order valence-electron chi connectivity index (χ3n) is 4.83. The van der Waals surface area contributed by atoms with E-state index < -0.39 is 12.0 Å². The smallest absolute Gasteiger partial charge is 0.317 e. The van der Waals surface area contributed by atoms with Gasteiger partial charge < -0.3 is 15.0 Å². The van der Waals surface area contributed by atoms with Crippen LogP contribution in [0, 0.1) is 0 Å². The molecule has 0 aromatic heterocycles. The molecular weight excluding hydrogens is 410 g/mol. The number of alkyl halides is 2. The molecule has 0 aliphatic carbocycles. The van der Waals surface area contributed by atoms with Gasteiger partial charge in [0.15, 0.2) is 0 Å². The Morgan fingerprint density at radius 1 is 1.10 bits per heavy atom. The molecule has 7 heteroatoms. The SMILES string of the molecule is CC(C)(C)NC(=O)N1CC(OC(c2ccc(Cl)cc2)c2ccccc2C(C)(F)F)C1. The fraction of sp³-hybridized carbons (Fsp3) is 0.435. The number of carbonyl (C=O) groups excluding carboxylic acids is 1. The van der Waals surface area contributed by atoms with Gasteiger partial charge in [-0.25, -0.2) is 13.6 Å². The molecule has 2 aromatic rings. The molecule has 1 atom stereocenters. The molecule has 1 fully saturated rings. The third-order valence-corrected chi connectivity index (χ3v) is 5.09. The summed E-state index contributed by atoms with van der Waals surface area (Å²) in [5.41, 5.74) is 0.728. The Kier molecular flexibility index (Phi) is 6.39. The fourth-order valence-corrected chi connectivity index (χ4v) is 3.50. The van der Waals surface area contributed by atoms with E-state index in [0.717, 1.165) is 12.5 Å². The number of ether oxygens (including phenoxy) is 1. The highest BCUT2D eigenvalue weighted by Crippen LogP contribution is 2.38. The molecule has 1 unspecified atom stereocenters. The Morgan fingerprint density at radius 3 is 2.27 bits per heavy atom. The molecule has 1 aliphatic heterocycles. The second kappa shape index (κ2) is 8.52. The van der Waals surface area contributed by atoms with Gasteiger partial charge in [0.25, 0.3) is 5.92 Å². The van der Waals surface area contributed by atoms with Gasteiger partial charge in [-0.1, -0.05) is 48.0 Å². The van der Waals surface area contributed by atoms with Crippen molar-refractivity contribution in [2.24, 2.45) is 0 Å². The van der Waals surface area contributed by atoms with Crippen molar-refractivity contribution in [1.29, 1.82) is 0 Å². The fourth-order valence-electron chi connectivity index (χ4n) is 3.38. The van der Waals surface area contributed by atoms with Gasteiger partial charge in [0, 0.05) is 23.0 Å². The van der Waals surface area contributed by atoms with Crippen LogP contribution in [0.1, 0.15) is 50.5 Å². The normalized spacial score (nSPS) is 16.2. The first kappa shape index (κ1) is 22.5. The molecule has 0 saturated carbocycles. The summed E-state index contributed by atoms with van der Waals surface area (Å²) < 4.78 is 34.8. The number of rotatable bonds is 5. The van der Waals surface area contributed by atoms with E-state index in [0.29, 0.717) is 23.7 Å². The predicted octanol–water partition coefficient (Wildman–Crippen LogP) is 5.75. The van der Waals surface area contributed by atoms with E-state index in [1.807, 2.05) is 20.8 Å². The van der Waals surface area contributed by atoms with E-state index in [2.05, 4.69) is 5.32 Å². The molecule has 1 aliphatic rings. The lowest BCUT2D eigenvalue weighted by Crippen LogP contribution is -2.60. The number of nitrogens with one attached hydrogen (secondary N) is 1. The largest absolute Gasteiger partial charge is 0.362 e. The molecule has 2 aromatic carbocycles. The van der Waals surface area contributed by atoms with Crippen LogP contribution in [0.3, 0.4) is 0 Å². The van der Waals surface area contributed by atoms with Crippen molar-refractivity contribution in [2.75, 3.05) is 13.1 Å². The van der Waals surface area contributed by atoms with Crippen LogP contribution in [0.2, 0.25) is 5.02 Å². The van der Waals surface area contributed by atoms with Crippen molar-refractivity contribution in [3.63, 3.8) is 0 Å². The number of halogens is 3. The van der Waals surface area contributed by atoms with Crippen molar-refractivity contribution < 1.29 is 18.3 Å². The van der Waals surface area contributed by atoms with Gasteiger partial charge in [0.2, 0.25) is 0 Å². The molecule has 1 saturated heterocycles. The van der Waals surface area contributed by atoms with Crippen LogP contribution >= 0.6 is 11.6 Å². The summed E-state index contributed by atoms with van der Waals surface area (Å²) in [6.45, 7) is 7.42. The van der Waals surface area contributed by atoms with Crippen molar-refractivity contribution >= 4 is 17.6 Å². The number of hydrogen-bond acceptors (Lipinski definition) is 2. The summed E-state index contributed by atoms with van der Waals surface area (Å²) in [6.07, 6.45) is -0.947. The lowest BCUT2D eigenvalue weighted by atomic mass is 9.93. The molecule has 0 radical (unpaired) electrons. The standard InChI is InChI=1S/C23H27ClF2N2O2/c1-22(2,3)27-21(29)28-13-17(14-28)30-20(15-9-11-16(24)12-10-15)18-7-5-6-8-19(18)23(4,25)26/h5-12,17,20H,13-14H2,1-4H3,(H,27,29). The second-order valence-corrected chi connectivity index (χ2v) is 9.19. The van der Waals surface area contributed by atoms with Gasteiger partial charge in [0.05, 0.1) is 19.2 Å². The van der Waals surface area contributed by atoms with E-state index >= 15 is 0 Å². The molecule has 1 N–H and O–H groups in total. The first-order chi connectivity index (χ1) is 13.9. The maximum Gasteiger partial charge on any atom is 0.317 e. The zero-order valence-corrected chi connectivity index (χ0v) is 18.3. The molecule has 4 nitrogen and oxygen atoms in total. The highest BCUT2D eigenvalue weighted by molar-refractivity contribution is 6.30. The predicted molar refractivity (Wildman–Crippen MR) is 114 cm³/mol. The number of hydrogen-bond donors (Lipinski definition) is 1. The molecule has 0 bridgehead atoms. The second-order valence-electron chi connectivity index (χ2n) is 8.75. The Bertz CT molecular complexity index is 885. The molecule has 1 heterocycles. The minimum Gasteiger partial charge on any atom is -0.362 e. The lowest BCUT2D eigenvalue weighted by molar-refractivity contribution is -0.0675. The quantitative estimate of drug-likeness (QED) is 0.648. The van der Waals surface area contributed by atoms with Crippen LogP contribution in [0.4, 0.5) is 13.6 Å². The summed E-state index contributed by atoms with van der Waals surface area (Å²) in [5.74, 6) is -3.01. The highest BCUT2D eigenvalue weighted by atomic mass is 35.5. The van der Waals surface area contributed by atoms with Gasteiger partial charge in [0.1, 0.15) is 6.10 Å². The number of nitrogens with zero attached hydrogens (tertiary/aromatic N) is 1. The highest BCUT2D eigenvalue weighted by Gasteiger charge is 2.37. The van der Waals surface area contributed by atoms with Gasteiger partial charge in [-0.2, -0.15) is 0 Å². The minimum absolute atomic E-state index is 0.0772. The van der Waals surface area contributed by atoms with Crippen LogP contribution in [-0.2, 0) is 10.7 Å². The number of carbonyl (C=O) groups is 1. The van der Waals surface area contributed by atoms with Crippen LogP contribution in [0.15, 0.2) is 48.5 Å². The average molecular weight is 437 g/mol. The van der Waals surface area contributed by atoms with E-state index in [9.17, 15) is 13.6 Å². The molecule has 162 valence electrons. The third kappa shape index (κ3) is 5.49. The topological polar surface area (TPSA) is 41.6 Å². The van der Waals surface area contributed by atoms with Gasteiger partial charge in [-0.05, 0) is 44.0 Å². The number of benzene rings is 2. The summed E-state index contributed by atoms with van der Waals surface area (Å²) in [7, 11) is 0. The maximum absolute atomic E-state index is 14.3. The van der Waals surface area contributed by atoms with E-state index in [1.54, 1.807) is 47.4 Å². The summed E-state index contributed by atoms with van der Waals surface area (Å²) >= 11 is 6.01. The Balaban J connectivity index is 1.82. The summed E-state index contributed by atoms with van der Waals surface area (Å²) in [5, 5.41) is 3.47.